The third kappa shape index (κ3) is 3.63. The van der Waals surface area contributed by atoms with E-state index in [1.165, 1.54) is 10.9 Å². The topological polar surface area (TPSA) is 60.1 Å². The SMILES string of the molecule is O=C(Cn1nc(C(F)(F)F)c2c1CCCCC2)NCc1ccco1. The van der Waals surface area contributed by atoms with Crippen LogP contribution in [0.4, 0.5) is 13.2 Å². The van der Waals surface area contributed by atoms with Crippen LogP contribution in [0.15, 0.2) is 22.8 Å². The Kier molecular flexibility index (Phi) is 4.64. The Balaban J connectivity index is 1.77. The second-order valence-electron chi connectivity index (χ2n) is 5.85. The van der Waals surface area contributed by atoms with Crippen LogP contribution in [0.25, 0.3) is 0 Å². The van der Waals surface area contributed by atoms with E-state index in [0.717, 1.165) is 12.8 Å². The fourth-order valence-corrected chi connectivity index (χ4v) is 3.00. The lowest BCUT2D eigenvalue weighted by Crippen LogP contribution is -2.28. The summed E-state index contributed by atoms with van der Waals surface area (Å²) in [5.74, 6) is 0.188. The van der Waals surface area contributed by atoms with Gasteiger partial charge in [-0.2, -0.15) is 18.3 Å². The molecule has 0 unspecified atom stereocenters. The fourth-order valence-electron chi connectivity index (χ4n) is 3.00. The highest BCUT2D eigenvalue weighted by molar-refractivity contribution is 5.75. The average Bonchev–Trinajstić information content (AvgIpc) is 3.07. The Hall–Kier alpha value is -2.25. The smallest absolute Gasteiger partial charge is 0.435 e. The lowest BCUT2D eigenvalue weighted by atomic mass is 10.1. The van der Waals surface area contributed by atoms with Gasteiger partial charge in [-0.15, -0.1) is 0 Å². The number of carbonyl (C=O) groups is 1. The summed E-state index contributed by atoms with van der Waals surface area (Å²) in [5.41, 5.74) is -0.0648. The number of hydrogen-bond donors (Lipinski definition) is 1. The Morgan fingerprint density at radius 1 is 1.29 bits per heavy atom. The van der Waals surface area contributed by atoms with E-state index in [9.17, 15) is 18.0 Å². The van der Waals surface area contributed by atoms with E-state index in [2.05, 4.69) is 10.4 Å². The molecular formula is C16H18F3N3O2. The Bertz CT molecular complexity index is 705. The molecule has 24 heavy (non-hydrogen) atoms. The van der Waals surface area contributed by atoms with Crippen molar-refractivity contribution in [3.63, 3.8) is 0 Å². The summed E-state index contributed by atoms with van der Waals surface area (Å²) in [6, 6.07) is 3.41. The number of rotatable bonds is 4. The van der Waals surface area contributed by atoms with E-state index in [-0.39, 0.29) is 18.7 Å². The number of fused-ring (bicyclic) bond motifs is 1. The minimum absolute atomic E-state index is 0.196. The van der Waals surface area contributed by atoms with Crippen LogP contribution in [0.1, 0.15) is 42.0 Å². The number of nitrogens with zero attached hydrogens (tertiary/aromatic N) is 2. The van der Waals surface area contributed by atoms with Gasteiger partial charge in [0.1, 0.15) is 12.3 Å². The van der Waals surface area contributed by atoms with Crippen LogP contribution in [-0.2, 0) is 36.9 Å². The van der Waals surface area contributed by atoms with Gasteiger partial charge in [-0.3, -0.25) is 9.48 Å². The first kappa shape index (κ1) is 16.6. The van der Waals surface area contributed by atoms with Gasteiger partial charge in [-0.1, -0.05) is 6.42 Å². The van der Waals surface area contributed by atoms with Gasteiger partial charge in [0, 0.05) is 11.3 Å². The molecule has 130 valence electrons. The van der Waals surface area contributed by atoms with Gasteiger partial charge in [-0.25, -0.2) is 0 Å². The van der Waals surface area contributed by atoms with E-state index >= 15 is 0 Å². The van der Waals surface area contributed by atoms with E-state index in [0.29, 0.717) is 30.7 Å². The Labute approximate surface area is 136 Å². The zero-order chi connectivity index (χ0) is 17.2. The highest BCUT2D eigenvalue weighted by Gasteiger charge is 2.39. The van der Waals surface area contributed by atoms with Gasteiger partial charge in [0.25, 0.3) is 0 Å². The summed E-state index contributed by atoms with van der Waals surface area (Å²) < 4.78 is 45.9. The van der Waals surface area contributed by atoms with Crippen molar-refractivity contribution in [2.45, 2.75) is 51.4 Å². The maximum atomic E-state index is 13.2. The molecule has 1 aliphatic carbocycles. The normalized spacial score (nSPS) is 15.0. The predicted molar refractivity (Wildman–Crippen MR) is 79.0 cm³/mol. The van der Waals surface area contributed by atoms with Crippen molar-refractivity contribution in [2.24, 2.45) is 0 Å². The van der Waals surface area contributed by atoms with E-state index in [4.69, 9.17) is 4.42 Å². The van der Waals surface area contributed by atoms with Crippen molar-refractivity contribution < 1.29 is 22.4 Å². The number of furan rings is 1. The molecule has 2 heterocycles. The molecule has 0 spiro atoms. The predicted octanol–water partition coefficient (Wildman–Crippen LogP) is 3.08. The van der Waals surface area contributed by atoms with E-state index < -0.39 is 17.8 Å². The molecule has 2 aromatic rings. The number of hydrogen-bond acceptors (Lipinski definition) is 3. The number of alkyl halides is 3. The average molecular weight is 341 g/mol. The number of aromatic nitrogens is 2. The third-order valence-corrected chi connectivity index (χ3v) is 4.11. The van der Waals surface area contributed by atoms with Crippen molar-refractivity contribution in [3.05, 3.63) is 41.1 Å². The van der Waals surface area contributed by atoms with Crippen LogP contribution >= 0.6 is 0 Å². The Morgan fingerprint density at radius 2 is 2.08 bits per heavy atom. The number of amides is 1. The first-order valence-corrected chi connectivity index (χ1v) is 7.90. The van der Waals surface area contributed by atoms with Crippen molar-refractivity contribution in [3.8, 4) is 0 Å². The molecule has 0 aromatic carbocycles. The zero-order valence-electron chi connectivity index (χ0n) is 13.0. The molecule has 8 heteroatoms. The van der Waals surface area contributed by atoms with Crippen LogP contribution in [-0.4, -0.2) is 15.7 Å². The van der Waals surface area contributed by atoms with E-state index in [1.807, 2.05) is 0 Å². The molecule has 5 nitrogen and oxygen atoms in total. The monoisotopic (exact) mass is 341 g/mol. The lowest BCUT2D eigenvalue weighted by molar-refractivity contribution is -0.142. The summed E-state index contributed by atoms with van der Waals surface area (Å²) in [7, 11) is 0. The van der Waals surface area contributed by atoms with Crippen LogP contribution in [0.2, 0.25) is 0 Å². The van der Waals surface area contributed by atoms with Crippen LogP contribution in [0.3, 0.4) is 0 Å². The zero-order valence-corrected chi connectivity index (χ0v) is 13.0. The van der Waals surface area contributed by atoms with Crippen LogP contribution in [0, 0.1) is 0 Å². The molecule has 2 aromatic heterocycles. The maximum absolute atomic E-state index is 13.2. The van der Waals surface area contributed by atoms with Gasteiger partial charge in [-0.05, 0) is 37.8 Å². The second kappa shape index (κ2) is 6.70. The first-order valence-electron chi connectivity index (χ1n) is 7.90. The van der Waals surface area contributed by atoms with Crippen molar-refractivity contribution in [1.82, 2.24) is 15.1 Å². The van der Waals surface area contributed by atoms with Gasteiger partial charge < -0.3 is 9.73 Å². The summed E-state index contributed by atoms with van der Waals surface area (Å²) in [6.07, 6.45) is 0.282. The molecule has 0 radical (unpaired) electrons. The molecule has 3 rings (SSSR count). The maximum Gasteiger partial charge on any atom is 0.435 e. The van der Waals surface area contributed by atoms with E-state index in [1.54, 1.807) is 12.1 Å². The summed E-state index contributed by atoms with van der Waals surface area (Å²) in [5, 5.41) is 6.33. The quantitative estimate of drug-likeness (QED) is 0.870. The highest BCUT2D eigenvalue weighted by atomic mass is 19.4. The molecule has 1 amide bonds. The molecule has 0 saturated heterocycles. The van der Waals surface area contributed by atoms with Crippen LogP contribution < -0.4 is 5.32 Å². The van der Waals surface area contributed by atoms with Crippen molar-refractivity contribution in [1.29, 1.82) is 0 Å². The highest BCUT2D eigenvalue weighted by Crippen LogP contribution is 2.35. The molecule has 0 aliphatic heterocycles. The molecule has 1 N–H and O–H groups in total. The van der Waals surface area contributed by atoms with Gasteiger partial charge in [0.05, 0.1) is 12.8 Å². The first-order chi connectivity index (χ1) is 11.4. The minimum atomic E-state index is -4.50. The molecule has 0 bridgehead atoms. The number of nitrogens with one attached hydrogen (secondary N) is 1. The third-order valence-electron chi connectivity index (χ3n) is 4.11. The number of halogens is 3. The van der Waals surface area contributed by atoms with Gasteiger partial charge in [0.15, 0.2) is 5.69 Å². The molecular weight excluding hydrogens is 323 g/mol. The lowest BCUT2D eigenvalue weighted by Gasteiger charge is -2.08. The largest absolute Gasteiger partial charge is 0.467 e. The summed E-state index contributed by atoms with van der Waals surface area (Å²) in [4.78, 5) is 12.0. The molecule has 0 fully saturated rings. The molecule has 1 aliphatic rings. The standard InChI is InChI=1S/C16H18F3N3O2/c17-16(18,19)15-12-6-2-1-3-7-13(12)22(21-15)10-14(23)20-9-11-5-4-8-24-11/h4-5,8H,1-3,6-7,9-10H2,(H,20,23). The molecule has 0 atom stereocenters. The fraction of sp³-hybridized carbons (Fsp3) is 0.500. The Morgan fingerprint density at radius 3 is 2.79 bits per heavy atom. The summed E-state index contributed by atoms with van der Waals surface area (Å²) >= 11 is 0. The van der Waals surface area contributed by atoms with Gasteiger partial charge >= 0.3 is 6.18 Å². The minimum Gasteiger partial charge on any atom is -0.467 e. The summed E-state index contributed by atoms with van der Waals surface area (Å²) in [6.45, 7) is -0.0272. The van der Waals surface area contributed by atoms with Crippen molar-refractivity contribution >= 4 is 5.91 Å². The van der Waals surface area contributed by atoms with Crippen molar-refractivity contribution in [2.75, 3.05) is 0 Å². The second-order valence-corrected chi connectivity index (χ2v) is 5.85. The van der Waals surface area contributed by atoms with Gasteiger partial charge in [0.2, 0.25) is 5.91 Å². The molecule has 0 saturated carbocycles. The van der Waals surface area contributed by atoms with Crippen LogP contribution in [0.5, 0.6) is 0 Å². The number of carbonyl (C=O) groups excluding carboxylic acids is 1.